The molecule has 0 amide bonds. The van der Waals surface area contributed by atoms with Crippen molar-refractivity contribution < 1.29 is 47.7 Å². The van der Waals surface area contributed by atoms with E-state index >= 15 is 0 Å². The Bertz CT molecular complexity index is 1910. The van der Waals surface area contributed by atoms with E-state index in [1.54, 1.807) is 24.3 Å². The monoisotopic (exact) mass is 1020 g/mol. The number of rotatable bonds is 7. The Balaban J connectivity index is 0.000000230. The van der Waals surface area contributed by atoms with Gasteiger partial charge in [-0.3, -0.25) is 0 Å². The molecule has 1 heterocycles. The number of hydrogen-bond acceptors (Lipinski definition) is 8. The molecule has 0 radical (unpaired) electrons. The van der Waals surface area contributed by atoms with Crippen LogP contribution in [0.15, 0.2) is 107 Å². The predicted molar refractivity (Wildman–Crippen MR) is 190 cm³/mol. The number of carboxylic acid groups (broad SMARTS) is 2. The third kappa shape index (κ3) is 11.9. The van der Waals surface area contributed by atoms with Gasteiger partial charge in [0.25, 0.3) is 5.89 Å². The van der Waals surface area contributed by atoms with E-state index in [9.17, 15) is 23.2 Å². The standard InChI is InChI=1S/C15H11FN2O4.C15H9FN2O3.3HI.V/c16-12-7-2-1-6-11(12)15(21)22-18-13(17)9-4-3-5-10(8-9)14(19)20;16-12-7-2-1-6-11(12)14-17-13(18-21-14)9-4-3-5-10(8-9)15(19)20;;;;/h1-8H,(H2,17,18)(H,19,20);1-8H,(H,19,20);3*1H;/q;;;;;+3/p-3. The summed E-state index contributed by atoms with van der Waals surface area (Å²) in [6, 6.07) is 23.1. The third-order valence-electron chi connectivity index (χ3n) is 5.62. The number of carbonyl (C=O) groups excluding carboxylic acids is 1. The van der Waals surface area contributed by atoms with E-state index in [1.165, 1.54) is 66.7 Å². The maximum absolute atomic E-state index is 13.7. The minimum atomic E-state index is -1.13. The SMILES string of the molecule is N/C(=N/OC(=O)c1ccccc1F)c1cccc(C(=O)O)c1.O=C(O)c1cccc(-c2noc(-c3ccccc3F)n2)c1.[I][V]([I])[I]. The van der Waals surface area contributed by atoms with Crippen LogP contribution >= 0.6 is 59.9 Å². The fraction of sp³-hybridized carbons (Fsp3) is 0. The van der Waals surface area contributed by atoms with Gasteiger partial charge in [0.2, 0.25) is 5.82 Å². The second-order valence-corrected chi connectivity index (χ2v) is 44.1. The van der Waals surface area contributed by atoms with Crippen molar-refractivity contribution >= 4 is 83.7 Å². The number of carboxylic acids is 2. The van der Waals surface area contributed by atoms with Crippen LogP contribution in [-0.2, 0) is 9.76 Å². The second-order valence-electron chi connectivity index (χ2n) is 8.70. The van der Waals surface area contributed by atoms with Gasteiger partial charge in [0, 0.05) is 11.1 Å². The number of hydrogen-bond donors (Lipinski definition) is 3. The number of nitrogens with two attached hydrogens (primary N) is 1. The first-order valence-electron chi connectivity index (χ1n) is 12.7. The van der Waals surface area contributed by atoms with Crippen LogP contribution in [0, 0.1) is 11.6 Å². The van der Waals surface area contributed by atoms with E-state index in [2.05, 4.69) is 80.1 Å². The normalized spacial score (nSPS) is 10.6. The minimum absolute atomic E-state index is 0.0103. The van der Waals surface area contributed by atoms with Gasteiger partial charge in [-0.2, -0.15) is 4.98 Å². The molecular weight excluding hydrogens is 998 g/mol. The molecule has 0 aliphatic rings. The zero-order valence-electron chi connectivity index (χ0n) is 23.4. The molecular formula is C30H20F2I3N4O7V. The maximum atomic E-state index is 13.7. The van der Waals surface area contributed by atoms with Crippen molar-refractivity contribution in [2.24, 2.45) is 10.9 Å². The summed E-state index contributed by atoms with van der Waals surface area (Å²) in [4.78, 5) is 41.8. The summed E-state index contributed by atoms with van der Waals surface area (Å²) in [7, 11) is 0. The van der Waals surface area contributed by atoms with Crippen LogP contribution in [0.3, 0.4) is 0 Å². The van der Waals surface area contributed by atoms with Crippen molar-refractivity contribution in [2.45, 2.75) is 0 Å². The van der Waals surface area contributed by atoms with E-state index in [1.807, 2.05) is 0 Å². The van der Waals surface area contributed by atoms with Crippen molar-refractivity contribution in [3.8, 4) is 22.8 Å². The van der Waals surface area contributed by atoms with Gasteiger partial charge in [0.15, 0.2) is 5.84 Å². The molecule has 0 unspecified atom stereocenters. The van der Waals surface area contributed by atoms with E-state index in [-0.39, 0.29) is 50.3 Å². The second kappa shape index (κ2) is 18.8. The topological polar surface area (TPSA) is 178 Å². The van der Waals surface area contributed by atoms with Crippen LogP contribution in [0.25, 0.3) is 22.8 Å². The summed E-state index contributed by atoms with van der Waals surface area (Å²) in [5, 5.41) is 25.0. The molecule has 0 atom stereocenters. The number of oxime groups is 1. The summed E-state index contributed by atoms with van der Waals surface area (Å²) >= 11 is 7.39. The van der Waals surface area contributed by atoms with Crippen LogP contribution in [-0.4, -0.2) is 44.1 Å². The predicted octanol–water partition coefficient (Wildman–Crippen LogP) is 7.90. The molecule has 0 bridgehead atoms. The van der Waals surface area contributed by atoms with Crippen LogP contribution < -0.4 is 5.73 Å². The quantitative estimate of drug-likeness (QED) is 0.0478. The van der Waals surface area contributed by atoms with Crippen molar-refractivity contribution in [1.82, 2.24) is 10.1 Å². The average Bonchev–Trinajstić information content (AvgIpc) is 3.54. The number of aromatic nitrogens is 2. The third-order valence-corrected chi connectivity index (χ3v) is 5.62. The van der Waals surface area contributed by atoms with Gasteiger partial charge in [-0.05, 0) is 48.5 Å². The molecule has 0 saturated carbocycles. The fourth-order valence-electron chi connectivity index (χ4n) is 3.51. The van der Waals surface area contributed by atoms with E-state index in [0.29, 0.717) is 5.56 Å². The summed E-state index contributed by atoms with van der Waals surface area (Å²) in [5.41, 5.74) is 6.41. The molecule has 0 spiro atoms. The average molecular weight is 1020 g/mol. The fourth-order valence-corrected chi connectivity index (χ4v) is 3.51. The Morgan fingerprint density at radius 3 is 1.96 bits per heavy atom. The zero-order chi connectivity index (χ0) is 34.5. The van der Waals surface area contributed by atoms with E-state index in [0.717, 1.165) is 6.07 Å². The van der Waals surface area contributed by atoms with E-state index < -0.39 is 29.5 Å². The Kier molecular flexibility index (Phi) is 15.2. The number of aromatic carboxylic acids is 2. The zero-order valence-corrected chi connectivity index (χ0v) is 31.3. The van der Waals surface area contributed by atoms with E-state index in [4.69, 9.17) is 20.5 Å². The summed E-state index contributed by atoms with van der Waals surface area (Å²) in [6.07, 6.45) is 0. The molecule has 4 N–H and O–H groups in total. The van der Waals surface area contributed by atoms with Crippen molar-refractivity contribution in [3.63, 3.8) is 0 Å². The number of benzene rings is 4. The molecule has 1 aromatic heterocycles. The molecule has 4 aromatic carbocycles. The number of nitrogens with zero attached hydrogens (tertiary/aromatic N) is 3. The van der Waals surface area contributed by atoms with Gasteiger partial charge < -0.3 is 25.3 Å². The summed E-state index contributed by atoms with van der Waals surface area (Å²) in [5.74, 6) is -4.34. The van der Waals surface area contributed by atoms with Gasteiger partial charge in [-0.15, -0.1) is 0 Å². The Hall–Kier alpha value is -3.47. The molecule has 0 aliphatic carbocycles. The van der Waals surface area contributed by atoms with Crippen molar-refractivity contribution in [3.05, 3.63) is 131 Å². The van der Waals surface area contributed by atoms with Crippen LogP contribution in [0.4, 0.5) is 8.78 Å². The van der Waals surface area contributed by atoms with Gasteiger partial charge in [-0.1, -0.05) is 58.8 Å². The number of amidine groups is 1. The molecule has 242 valence electrons. The molecule has 47 heavy (non-hydrogen) atoms. The Labute approximate surface area is 303 Å². The van der Waals surface area contributed by atoms with Crippen molar-refractivity contribution in [2.75, 3.05) is 0 Å². The molecule has 17 heteroatoms. The first-order valence-corrected chi connectivity index (χ1v) is 26.2. The summed E-state index contributed by atoms with van der Waals surface area (Å²) < 4.78 is 32.1. The van der Waals surface area contributed by atoms with Crippen LogP contribution in [0.5, 0.6) is 0 Å². The van der Waals surface area contributed by atoms with Crippen molar-refractivity contribution in [1.29, 1.82) is 0 Å². The Morgan fingerprint density at radius 1 is 0.787 bits per heavy atom. The van der Waals surface area contributed by atoms with Gasteiger partial charge in [0.05, 0.1) is 22.3 Å². The first-order chi connectivity index (χ1) is 22.4. The molecule has 0 aliphatic heterocycles. The van der Waals surface area contributed by atoms with Gasteiger partial charge >= 0.3 is 82.8 Å². The first kappa shape index (κ1) is 38.0. The molecule has 0 fully saturated rings. The number of carbonyl (C=O) groups is 3. The Morgan fingerprint density at radius 2 is 1.34 bits per heavy atom. The van der Waals surface area contributed by atoms with Gasteiger partial charge in [-0.25, -0.2) is 23.2 Å². The van der Waals surface area contributed by atoms with Gasteiger partial charge in [0.1, 0.15) is 11.6 Å². The molecule has 5 aromatic rings. The molecule has 11 nitrogen and oxygen atoms in total. The molecule has 5 rings (SSSR count). The molecule has 0 saturated heterocycles. The van der Waals surface area contributed by atoms with Crippen LogP contribution in [0.2, 0.25) is 0 Å². The van der Waals surface area contributed by atoms with Crippen LogP contribution in [0.1, 0.15) is 36.6 Å². The summed E-state index contributed by atoms with van der Waals surface area (Å²) in [6.45, 7) is 0. The number of halogens is 5.